The van der Waals surface area contributed by atoms with Gasteiger partial charge in [-0.1, -0.05) is 24.4 Å². The number of nitrogens with zero attached hydrogens (tertiary/aromatic N) is 2. The van der Waals surface area contributed by atoms with Gasteiger partial charge >= 0.3 is 0 Å². The summed E-state index contributed by atoms with van der Waals surface area (Å²) in [6.45, 7) is 3.99. The lowest BCUT2D eigenvalue weighted by atomic mass is 10.2. The molecule has 4 nitrogen and oxygen atoms in total. The van der Waals surface area contributed by atoms with Crippen molar-refractivity contribution in [2.75, 3.05) is 0 Å². The van der Waals surface area contributed by atoms with Crippen molar-refractivity contribution in [1.82, 2.24) is 15.1 Å². The molecule has 1 amide bonds. The molecule has 0 saturated heterocycles. The Morgan fingerprint density at radius 1 is 1.47 bits per heavy atom. The maximum absolute atomic E-state index is 11.8. The Bertz CT molecular complexity index is 422. The smallest absolute Gasteiger partial charge is 0.241 e. The summed E-state index contributed by atoms with van der Waals surface area (Å²) in [7, 11) is 0. The summed E-state index contributed by atoms with van der Waals surface area (Å²) in [5, 5.41) is 7.94. The molecule has 5 heteroatoms. The molecule has 1 aromatic heterocycles. The highest BCUT2D eigenvalue weighted by molar-refractivity contribution is 6.31. The molecule has 1 heterocycles. The van der Waals surface area contributed by atoms with Crippen molar-refractivity contribution in [1.29, 1.82) is 0 Å². The standard InChI is InChI=1S/C12H18ClN3O/c1-8-12(13)9(2)16(15-8)7-11(17)14-10-5-3-4-6-10/h10H,3-7H2,1-2H3,(H,14,17). The normalized spacial score (nSPS) is 16.4. The van der Waals surface area contributed by atoms with Crippen LogP contribution in [-0.4, -0.2) is 21.7 Å². The van der Waals surface area contributed by atoms with Crippen molar-refractivity contribution in [2.24, 2.45) is 0 Å². The minimum absolute atomic E-state index is 0.0270. The maximum atomic E-state index is 11.8. The molecule has 1 N–H and O–H groups in total. The van der Waals surface area contributed by atoms with E-state index in [0.717, 1.165) is 24.2 Å². The molecule has 94 valence electrons. The first kappa shape index (κ1) is 12.4. The lowest BCUT2D eigenvalue weighted by molar-refractivity contribution is -0.122. The SMILES string of the molecule is Cc1nn(CC(=O)NC2CCCC2)c(C)c1Cl. The predicted octanol–water partition coefficient (Wildman–Crippen LogP) is 2.21. The van der Waals surface area contributed by atoms with E-state index < -0.39 is 0 Å². The summed E-state index contributed by atoms with van der Waals surface area (Å²) in [6.07, 6.45) is 4.64. The second-order valence-electron chi connectivity index (χ2n) is 4.69. The molecule has 1 fully saturated rings. The van der Waals surface area contributed by atoms with E-state index in [4.69, 9.17) is 11.6 Å². The van der Waals surface area contributed by atoms with Crippen LogP contribution in [0.1, 0.15) is 37.1 Å². The van der Waals surface area contributed by atoms with Gasteiger partial charge in [0.15, 0.2) is 0 Å². The lowest BCUT2D eigenvalue weighted by Gasteiger charge is -2.12. The molecule has 0 bridgehead atoms. The van der Waals surface area contributed by atoms with E-state index >= 15 is 0 Å². The molecular weight excluding hydrogens is 238 g/mol. The minimum atomic E-state index is 0.0270. The first-order chi connectivity index (χ1) is 8.08. The molecule has 1 saturated carbocycles. The van der Waals surface area contributed by atoms with Crippen LogP contribution in [0.15, 0.2) is 0 Å². The van der Waals surface area contributed by atoms with Crippen molar-refractivity contribution < 1.29 is 4.79 Å². The van der Waals surface area contributed by atoms with E-state index in [2.05, 4.69) is 10.4 Å². The zero-order valence-electron chi connectivity index (χ0n) is 10.3. The van der Waals surface area contributed by atoms with Gasteiger partial charge in [-0.25, -0.2) is 0 Å². The van der Waals surface area contributed by atoms with Crippen LogP contribution in [0.25, 0.3) is 0 Å². The van der Waals surface area contributed by atoms with Gasteiger partial charge in [-0.3, -0.25) is 9.48 Å². The summed E-state index contributed by atoms with van der Waals surface area (Å²) in [4.78, 5) is 11.8. The summed E-state index contributed by atoms with van der Waals surface area (Å²) < 4.78 is 1.67. The Hall–Kier alpha value is -1.03. The molecule has 1 aliphatic rings. The molecule has 0 aromatic carbocycles. The Kier molecular flexibility index (Phi) is 3.72. The highest BCUT2D eigenvalue weighted by Crippen LogP contribution is 2.19. The van der Waals surface area contributed by atoms with Crippen LogP contribution in [0, 0.1) is 13.8 Å². The average Bonchev–Trinajstić information content (AvgIpc) is 2.85. The molecule has 0 radical (unpaired) electrons. The maximum Gasteiger partial charge on any atom is 0.241 e. The Morgan fingerprint density at radius 3 is 2.65 bits per heavy atom. The van der Waals surface area contributed by atoms with Crippen molar-refractivity contribution in [3.63, 3.8) is 0 Å². The second kappa shape index (κ2) is 5.08. The molecule has 0 atom stereocenters. The summed E-state index contributed by atoms with van der Waals surface area (Å²) in [5.74, 6) is 0.0270. The zero-order chi connectivity index (χ0) is 12.4. The highest BCUT2D eigenvalue weighted by atomic mass is 35.5. The van der Waals surface area contributed by atoms with E-state index in [-0.39, 0.29) is 12.5 Å². The molecule has 2 rings (SSSR count). The van der Waals surface area contributed by atoms with Gasteiger partial charge in [0.1, 0.15) is 6.54 Å². The molecule has 0 unspecified atom stereocenters. The molecule has 0 aliphatic heterocycles. The molecule has 17 heavy (non-hydrogen) atoms. The minimum Gasteiger partial charge on any atom is -0.352 e. The fraction of sp³-hybridized carbons (Fsp3) is 0.667. The third-order valence-corrected chi connectivity index (χ3v) is 3.85. The Balaban J connectivity index is 1.95. The molecular formula is C12H18ClN3O. The largest absolute Gasteiger partial charge is 0.352 e. The number of carbonyl (C=O) groups excluding carboxylic acids is 1. The van der Waals surface area contributed by atoms with Gasteiger partial charge in [0.05, 0.1) is 16.4 Å². The number of aryl methyl sites for hydroxylation is 1. The van der Waals surface area contributed by atoms with Crippen molar-refractivity contribution in [2.45, 2.75) is 52.1 Å². The Morgan fingerprint density at radius 2 is 2.12 bits per heavy atom. The first-order valence-electron chi connectivity index (χ1n) is 6.07. The highest BCUT2D eigenvalue weighted by Gasteiger charge is 2.18. The quantitative estimate of drug-likeness (QED) is 0.900. The van der Waals surface area contributed by atoms with E-state index in [0.29, 0.717) is 11.1 Å². The van der Waals surface area contributed by atoms with Crippen LogP contribution in [0.5, 0.6) is 0 Å². The monoisotopic (exact) mass is 255 g/mol. The fourth-order valence-corrected chi connectivity index (χ4v) is 2.44. The molecule has 1 aromatic rings. The van der Waals surface area contributed by atoms with E-state index in [9.17, 15) is 4.79 Å². The number of hydrogen-bond donors (Lipinski definition) is 1. The van der Waals surface area contributed by atoms with Gasteiger partial charge < -0.3 is 5.32 Å². The third kappa shape index (κ3) is 2.80. The number of hydrogen-bond acceptors (Lipinski definition) is 2. The number of rotatable bonds is 3. The van der Waals surface area contributed by atoms with Crippen LogP contribution in [0.4, 0.5) is 0 Å². The molecule has 1 aliphatic carbocycles. The van der Waals surface area contributed by atoms with E-state index in [1.807, 2.05) is 13.8 Å². The van der Waals surface area contributed by atoms with Gasteiger partial charge in [-0.05, 0) is 26.7 Å². The van der Waals surface area contributed by atoms with Gasteiger partial charge in [0.2, 0.25) is 5.91 Å². The number of amides is 1. The topological polar surface area (TPSA) is 46.9 Å². The first-order valence-corrected chi connectivity index (χ1v) is 6.44. The van der Waals surface area contributed by atoms with Crippen molar-refractivity contribution in [3.05, 3.63) is 16.4 Å². The van der Waals surface area contributed by atoms with Gasteiger partial charge in [0, 0.05) is 6.04 Å². The summed E-state index contributed by atoms with van der Waals surface area (Å²) in [5.41, 5.74) is 1.63. The second-order valence-corrected chi connectivity index (χ2v) is 5.07. The van der Waals surface area contributed by atoms with Crippen molar-refractivity contribution in [3.8, 4) is 0 Å². The third-order valence-electron chi connectivity index (χ3n) is 3.31. The van der Waals surface area contributed by atoms with Gasteiger partial charge in [-0.2, -0.15) is 5.10 Å². The zero-order valence-corrected chi connectivity index (χ0v) is 11.0. The van der Waals surface area contributed by atoms with Crippen molar-refractivity contribution >= 4 is 17.5 Å². The number of carbonyl (C=O) groups is 1. The number of aromatic nitrogens is 2. The Labute approximate surface area is 106 Å². The molecule has 0 spiro atoms. The lowest BCUT2D eigenvalue weighted by Crippen LogP contribution is -2.35. The average molecular weight is 256 g/mol. The number of halogens is 1. The number of nitrogens with one attached hydrogen (secondary N) is 1. The predicted molar refractivity (Wildman–Crippen MR) is 67.1 cm³/mol. The van der Waals surface area contributed by atoms with Crippen LogP contribution >= 0.6 is 11.6 Å². The van der Waals surface area contributed by atoms with E-state index in [1.54, 1.807) is 4.68 Å². The summed E-state index contributed by atoms with van der Waals surface area (Å²) >= 11 is 6.04. The van der Waals surface area contributed by atoms with E-state index in [1.165, 1.54) is 12.8 Å². The summed E-state index contributed by atoms with van der Waals surface area (Å²) in [6, 6.07) is 0.356. The van der Waals surface area contributed by atoms with Crippen LogP contribution in [0.3, 0.4) is 0 Å². The fourth-order valence-electron chi connectivity index (χ4n) is 2.31. The van der Waals surface area contributed by atoms with Crippen LogP contribution in [-0.2, 0) is 11.3 Å². The van der Waals surface area contributed by atoms with Crippen LogP contribution in [0.2, 0.25) is 5.02 Å². The van der Waals surface area contributed by atoms with Gasteiger partial charge in [0.25, 0.3) is 0 Å². The van der Waals surface area contributed by atoms with Gasteiger partial charge in [-0.15, -0.1) is 0 Å². The van der Waals surface area contributed by atoms with Crippen LogP contribution < -0.4 is 5.32 Å².